The predicted octanol–water partition coefficient (Wildman–Crippen LogP) is 2.96. The highest BCUT2D eigenvalue weighted by atomic mass is 16.5. The molecule has 1 fully saturated rings. The second-order valence-electron chi connectivity index (χ2n) is 5.96. The van der Waals surface area contributed by atoms with Gasteiger partial charge in [-0.15, -0.1) is 0 Å². The first kappa shape index (κ1) is 15.3. The number of hydrogen-bond acceptors (Lipinski definition) is 3. The molecule has 0 saturated carbocycles. The number of likely N-dealkylation sites (tertiary alicyclic amines) is 1. The van der Waals surface area contributed by atoms with Crippen molar-refractivity contribution in [2.45, 2.75) is 52.1 Å². The quantitative estimate of drug-likeness (QED) is 0.832. The van der Waals surface area contributed by atoms with E-state index >= 15 is 0 Å². The van der Waals surface area contributed by atoms with Crippen molar-refractivity contribution in [2.24, 2.45) is 5.73 Å². The molecule has 0 radical (unpaired) electrons. The molecule has 1 aliphatic rings. The lowest BCUT2D eigenvalue weighted by atomic mass is 10.0. The molecule has 1 saturated heterocycles. The smallest absolute Gasteiger partial charge is 0.123 e. The highest BCUT2D eigenvalue weighted by Gasteiger charge is 2.15. The zero-order valence-corrected chi connectivity index (χ0v) is 12.9. The predicted molar refractivity (Wildman–Crippen MR) is 84.1 cm³/mol. The van der Waals surface area contributed by atoms with Crippen molar-refractivity contribution < 1.29 is 4.74 Å². The molecule has 1 aromatic carbocycles. The van der Waals surface area contributed by atoms with E-state index in [0.29, 0.717) is 0 Å². The second kappa shape index (κ2) is 7.65. The number of ether oxygens (including phenoxy) is 1. The lowest BCUT2D eigenvalue weighted by molar-refractivity contribution is 0.293. The standard InChI is InChI=1S/C17H28N2O/c1-3-10-20-17-7-6-15(11-14(2)18)12-16(17)13-19-8-4-5-9-19/h6-7,12,14H,3-5,8-11,13,18H2,1-2H3. The van der Waals surface area contributed by atoms with Gasteiger partial charge < -0.3 is 10.5 Å². The molecule has 2 rings (SSSR count). The van der Waals surface area contributed by atoms with Crippen molar-refractivity contribution in [3.05, 3.63) is 29.3 Å². The van der Waals surface area contributed by atoms with Gasteiger partial charge in [0.05, 0.1) is 6.61 Å². The molecule has 1 aliphatic heterocycles. The van der Waals surface area contributed by atoms with Gasteiger partial charge in [-0.3, -0.25) is 4.90 Å². The van der Waals surface area contributed by atoms with Gasteiger partial charge >= 0.3 is 0 Å². The van der Waals surface area contributed by atoms with Gasteiger partial charge in [0.25, 0.3) is 0 Å². The van der Waals surface area contributed by atoms with E-state index in [4.69, 9.17) is 10.5 Å². The van der Waals surface area contributed by atoms with Crippen LogP contribution in [0.3, 0.4) is 0 Å². The van der Waals surface area contributed by atoms with Crippen molar-refractivity contribution in [2.75, 3.05) is 19.7 Å². The highest BCUT2D eigenvalue weighted by molar-refractivity contribution is 5.37. The van der Waals surface area contributed by atoms with Gasteiger partial charge in [0.1, 0.15) is 5.75 Å². The molecule has 3 heteroatoms. The summed E-state index contributed by atoms with van der Waals surface area (Å²) in [5.41, 5.74) is 8.55. The minimum atomic E-state index is 0.206. The van der Waals surface area contributed by atoms with E-state index in [2.05, 4.69) is 36.9 Å². The average Bonchev–Trinajstić information content (AvgIpc) is 2.90. The summed E-state index contributed by atoms with van der Waals surface area (Å²) in [6.07, 6.45) is 4.63. The SMILES string of the molecule is CCCOc1ccc(CC(C)N)cc1CN1CCCC1. The van der Waals surface area contributed by atoms with Crippen molar-refractivity contribution in [3.8, 4) is 5.75 Å². The van der Waals surface area contributed by atoms with Crippen molar-refractivity contribution in [1.82, 2.24) is 4.90 Å². The maximum atomic E-state index is 5.91. The number of rotatable bonds is 7. The molecule has 1 aromatic rings. The van der Waals surface area contributed by atoms with E-state index in [1.807, 2.05) is 0 Å². The van der Waals surface area contributed by atoms with E-state index < -0.39 is 0 Å². The van der Waals surface area contributed by atoms with Gasteiger partial charge in [-0.1, -0.05) is 19.1 Å². The van der Waals surface area contributed by atoms with Crippen LogP contribution in [0, 0.1) is 0 Å². The van der Waals surface area contributed by atoms with Crippen molar-refractivity contribution in [1.29, 1.82) is 0 Å². The molecule has 3 nitrogen and oxygen atoms in total. The van der Waals surface area contributed by atoms with Crippen LogP contribution in [0.4, 0.5) is 0 Å². The topological polar surface area (TPSA) is 38.5 Å². The third-order valence-corrected chi connectivity index (χ3v) is 3.74. The Balaban J connectivity index is 2.12. The first-order valence-electron chi connectivity index (χ1n) is 7.91. The maximum Gasteiger partial charge on any atom is 0.123 e. The molecule has 0 spiro atoms. The van der Waals surface area contributed by atoms with E-state index in [-0.39, 0.29) is 6.04 Å². The normalized spacial score (nSPS) is 17.4. The summed E-state index contributed by atoms with van der Waals surface area (Å²) in [6, 6.07) is 6.77. The monoisotopic (exact) mass is 276 g/mol. The van der Waals surface area contributed by atoms with Crippen LogP contribution in [0.25, 0.3) is 0 Å². The van der Waals surface area contributed by atoms with Crippen LogP contribution in [0.1, 0.15) is 44.2 Å². The van der Waals surface area contributed by atoms with Gasteiger partial charge in [-0.05, 0) is 57.3 Å². The Hall–Kier alpha value is -1.06. The lowest BCUT2D eigenvalue weighted by Gasteiger charge is -2.19. The van der Waals surface area contributed by atoms with E-state index in [9.17, 15) is 0 Å². The molecule has 1 unspecified atom stereocenters. The first-order chi connectivity index (χ1) is 9.69. The number of nitrogens with two attached hydrogens (primary N) is 1. The van der Waals surface area contributed by atoms with Crippen LogP contribution in [-0.4, -0.2) is 30.6 Å². The van der Waals surface area contributed by atoms with Crippen LogP contribution in [-0.2, 0) is 13.0 Å². The molecule has 2 N–H and O–H groups in total. The summed E-state index contributed by atoms with van der Waals surface area (Å²) in [7, 11) is 0. The lowest BCUT2D eigenvalue weighted by Crippen LogP contribution is -2.20. The van der Waals surface area contributed by atoms with Crippen LogP contribution in [0.5, 0.6) is 5.75 Å². The molecule has 112 valence electrons. The fourth-order valence-electron chi connectivity index (χ4n) is 2.79. The summed E-state index contributed by atoms with van der Waals surface area (Å²) >= 11 is 0. The summed E-state index contributed by atoms with van der Waals surface area (Å²) < 4.78 is 5.90. The molecule has 0 amide bonds. The Bertz CT molecular complexity index is 411. The molecular formula is C17H28N2O. The minimum absolute atomic E-state index is 0.206. The molecule has 1 heterocycles. The molecular weight excluding hydrogens is 248 g/mol. The summed E-state index contributed by atoms with van der Waals surface area (Å²) in [5.74, 6) is 1.05. The largest absolute Gasteiger partial charge is 0.493 e. The van der Waals surface area contributed by atoms with E-state index in [0.717, 1.165) is 31.7 Å². The second-order valence-corrected chi connectivity index (χ2v) is 5.96. The van der Waals surface area contributed by atoms with Crippen molar-refractivity contribution >= 4 is 0 Å². The fraction of sp³-hybridized carbons (Fsp3) is 0.647. The van der Waals surface area contributed by atoms with Crippen molar-refractivity contribution in [3.63, 3.8) is 0 Å². The Morgan fingerprint density at radius 3 is 2.70 bits per heavy atom. The molecule has 0 bridgehead atoms. The third kappa shape index (κ3) is 4.50. The Morgan fingerprint density at radius 2 is 2.05 bits per heavy atom. The third-order valence-electron chi connectivity index (χ3n) is 3.74. The summed E-state index contributed by atoms with van der Waals surface area (Å²) in [5, 5.41) is 0. The zero-order valence-electron chi connectivity index (χ0n) is 12.9. The van der Waals surface area contributed by atoms with Gasteiger partial charge in [-0.2, -0.15) is 0 Å². The highest BCUT2D eigenvalue weighted by Crippen LogP contribution is 2.24. The maximum absolute atomic E-state index is 5.91. The molecule has 0 aliphatic carbocycles. The molecule has 0 aromatic heterocycles. The Labute approximate surface area is 123 Å². The van der Waals surface area contributed by atoms with Gasteiger partial charge in [0, 0.05) is 18.2 Å². The molecule has 1 atom stereocenters. The van der Waals surface area contributed by atoms with Crippen LogP contribution >= 0.6 is 0 Å². The Kier molecular flexibility index (Phi) is 5.86. The van der Waals surface area contributed by atoms with Gasteiger partial charge in [0.2, 0.25) is 0 Å². The molecule has 20 heavy (non-hydrogen) atoms. The van der Waals surface area contributed by atoms with Crippen LogP contribution in [0.2, 0.25) is 0 Å². The average molecular weight is 276 g/mol. The Morgan fingerprint density at radius 1 is 1.30 bits per heavy atom. The van der Waals surface area contributed by atoms with E-state index in [1.165, 1.54) is 37.1 Å². The summed E-state index contributed by atoms with van der Waals surface area (Å²) in [4.78, 5) is 2.52. The number of hydrogen-bond donors (Lipinski definition) is 1. The van der Waals surface area contributed by atoms with Crippen LogP contribution in [0.15, 0.2) is 18.2 Å². The summed E-state index contributed by atoms with van der Waals surface area (Å²) in [6.45, 7) is 8.42. The number of benzene rings is 1. The van der Waals surface area contributed by atoms with Gasteiger partial charge in [-0.25, -0.2) is 0 Å². The van der Waals surface area contributed by atoms with E-state index in [1.54, 1.807) is 0 Å². The fourth-order valence-corrected chi connectivity index (χ4v) is 2.79. The first-order valence-corrected chi connectivity index (χ1v) is 7.91. The zero-order chi connectivity index (χ0) is 14.4. The van der Waals surface area contributed by atoms with Gasteiger partial charge in [0.15, 0.2) is 0 Å². The number of nitrogens with zero attached hydrogens (tertiary/aromatic N) is 1. The van der Waals surface area contributed by atoms with Crippen LogP contribution < -0.4 is 10.5 Å². The minimum Gasteiger partial charge on any atom is -0.493 e.